The summed E-state index contributed by atoms with van der Waals surface area (Å²) in [6, 6.07) is 8.47. The van der Waals surface area contributed by atoms with E-state index in [-0.39, 0.29) is 41.5 Å². The Hall–Kier alpha value is -3.20. The standard InChI is InChI=1S/C28H28F3IN3O7P/c1-40-14-16(13-36)34-9-3-4-21(26(34)38)35-12-19(23-20(29)10-18(41-2)11-22(23)43)24(27(35)39)33-25(37)15-5-7-17(8-6-15)42-28(30,31)32/h3-11,16,19,24,36H,12-14,43H2,1-2H3,(H,33,37)/t16?,19-,24-/m0/s1. The summed E-state index contributed by atoms with van der Waals surface area (Å²) in [4.78, 5) is 41.8. The predicted molar refractivity (Wildman–Crippen MR) is 163 cm³/mol. The van der Waals surface area contributed by atoms with E-state index < -0.39 is 51.9 Å². The maximum Gasteiger partial charge on any atom is 0.451 e. The van der Waals surface area contributed by atoms with Crippen LogP contribution in [0.15, 0.2) is 59.5 Å². The molecule has 1 saturated heterocycles. The van der Waals surface area contributed by atoms with Crippen LogP contribution in [-0.2, 0) is 9.53 Å². The van der Waals surface area contributed by atoms with E-state index in [4.69, 9.17) is 9.47 Å². The number of rotatable bonds is 11. The Balaban J connectivity index is 1.73. The third-order valence-electron chi connectivity index (χ3n) is 6.90. The Morgan fingerprint density at radius 2 is 1.88 bits per heavy atom. The lowest BCUT2D eigenvalue weighted by Gasteiger charge is -2.21. The van der Waals surface area contributed by atoms with Crippen molar-refractivity contribution in [3.8, 4) is 11.5 Å². The number of amides is 2. The van der Waals surface area contributed by atoms with E-state index in [0.29, 0.717) is 5.30 Å². The first kappa shape index (κ1) is 32.7. The molecule has 4 atom stereocenters. The van der Waals surface area contributed by atoms with Crippen LogP contribution in [0.5, 0.6) is 11.5 Å². The molecule has 2 aromatic carbocycles. The molecule has 2 unspecified atom stereocenters. The molecule has 1 fully saturated rings. The molecule has 15 heteroatoms. The second-order valence-corrected chi connectivity index (χ2v) is 11.5. The van der Waals surface area contributed by atoms with Crippen molar-refractivity contribution in [2.24, 2.45) is 0 Å². The van der Waals surface area contributed by atoms with Gasteiger partial charge >= 0.3 is 4.12 Å². The fraction of sp³-hybridized carbons (Fsp3) is 0.321. The number of hydrogen-bond donors (Lipinski definition) is 2. The third-order valence-corrected chi connectivity index (χ3v) is 7.60. The highest BCUT2D eigenvalue weighted by Crippen LogP contribution is 2.34. The predicted octanol–water partition coefficient (Wildman–Crippen LogP) is 2.97. The molecule has 0 aliphatic carbocycles. The van der Waals surface area contributed by atoms with Gasteiger partial charge < -0.3 is 34.1 Å². The van der Waals surface area contributed by atoms with Crippen LogP contribution < -0.4 is 30.6 Å². The van der Waals surface area contributed by atoms with Crippen LogP contribution in [0.3, 0.4) is 0 Å². The van der Waals surface area contributed by atoms with E-state index in [1.807, 2.05) is 0 Å². The molecule has 1 aromatic heterocycles. The number of ether oxygens (including phenoxy) is 3. The van der Waals surface area contributed by atoms with E-state index >= 15 is 4.39 Å². The molecule has 2 N–H and O–H groups in total. The maximum absolute atomic E-state index is 15.5. The van der Waals surface area contributed by atoms with Gasteiger partial charge in [-0.1, -0.05) is 0 Å². The average molecular weight is 733 g/mol. The number of aliphatic hydroxyl groups excluding tert-OH is 1. The number of halogens is 4. The molecule has 2 amide bonds. The van der Waals surface area contributed by atoms with Crippen molar-refractivity contribution in [2.45, 2.75) is 22.1 Å². The lowest BCUT2D eigenvalue weighted by Crippen LogP contribution is -2.45. The van der Waals surface area contributed by atoms with Gasteiger partial charge in [-0.3, -0.25) is 14.4 Å². The van der Waals surface area contributed by atoms with Crippen molar-refractivity contribution in [1.29, 1.82) is 0 Å². The molecule has 1 aliphatic rings. The van der Waals surface area contributed by atoms with Crippen molar-refractivity contribution in [3.05, 3.63) is 82.0 Å². The summed E-state index contributed by atoms with van der Waals surface area (Å²) >= 11 is 0.815. The van der Waals surface area contributed by atoms with E-state index in [9.17, 15) is 28.3 Å². The molecule has 0 radical (unpaired) electrons. The number of alkyl halides is 3. The summed E-state index contributed by atoms with van der Waals surface area (Å²) in [7, 11) is 5.19. The van der Waals surface area contributed by atoms with Gasteiger partial charge in [0.2, 0.25) is 5.91 Å². The molecule has 0 spiro atoms. The normalized spacial score (nSPS) is 17.6. The van der Waals surface area contributed by atoms with Gasteiger partial charge in [-0.15, -0.1) is 9.24 Å². The molecule has 230 valence electrons. The van der Waals surface area contributed by atoms with Crippen molar-refractivity contribution in [2.75, 3.05) is 38.9 Å². The minimum Gasteiger partial charge on any atom is -0.497 e. The summed E-state index contributed by atoms with van der Waals surface area (Å²) in [6.45, 7) is -0.541. The average Bonchev–Trinajstić information content (AvgIpc) is 3.26. The number of carbonyl (C=O) groups excluding carboxylic acids is 2. The van der Waals surface area contributed by atoms with Crippen molar-refractivity contribution >= 4 is 54.6 Å². The van der Waals surface area contributed by atoms with Gasteiger partial charge in [0.15, 0.2) is 0 Å². The number of hydrogen-bond acceptors (Lipinski definition) is 7. The molecule has 4 rings (SSSR count). The Kier molecular flexibility index (Phi) is 10.4. The van der Waals surface area contributed by atoms with Gasteiger partial charge in [-0.05, 0) is 47.8 Å². The Labute approximate surface area is 260 Å². The van der Waals surface area contributed by atoms with Gasteiger partial charge in [0.1, 0.15) is 29.0 Å². The molecule has 43 heavy (non-hydrogen) atoms. The molecule has 1 aliphatic heterocycles. The minimum atomic E-state index is -3.45. The van der Waals surface area contributed by atoms with Crippen LogP contribution in [0.25, 0.3) is 0 Å². The van der Waals surface area contributed by atoms with Crippen molar-refractivity contribution in [1.82, 2.24) is 9.88 Å². The highest BCUT2D eigenvalue weighted by molar-refractivity contribution is 14.1. The largest absolute Gasteiger partial charge is 0.497 e. The SMILES string of the molecule is COCC(CO)n1cccc(N2C[C@@H](c3c(F)cc(OC)cc3P)[C@H](NC(=O)c3ccc(OC(F)(F)I)cc3)C2=O)c1=O. The monoisotopic (exact) mass is 733 g/mol. The van der Waals surface area contributed by atoms with Gasteiger partial charge in [0.05, 0.1) is 49.0 Å². The summed E-state index contributed by atoms with van der Waals surface area (Å²) in [5.74, 6) is -2.98. The van der Waals surface area contributed by atoms with Crippen LogP contribution in [-0.4, -0.2) is 65.6 Å². The molecule has 10 nitrogen and oxygen atoms in total. The number of nitrogens with one attached hydrogen (secondary N) is 1. The zero-order chi connectivity index (χ0) is 31.5. The Morgan fingerprint density at radius 1 is 1.19 bits per heavy atom. The first-order chi connectivity index (χ1) is 20.4. The van der Waals surface area contributed by atoms with E-state index in [2.05, 4.69) is 19.3 Å². The summed E-state index contributed by atoms with van der Waals surface area (Å²) in [5, 5.41) is 12.8. The van der Waals surface area contributed by atoms with Crippen molar-refractivity contribution < 1.29 is 42.1 Å². The highest BCUT2D eigenvalue weighted by atomic mass is 127. The highest BCUT2D eigenvalue weighted by Gasteiger charge is 2.45. The van der Waals surface area contributed by atoms with Crippen LogP contribution >= 0.6 is 31.8 Å². The molecule has 0 saturated carbocycles. The number of benzene rings is 2. The zero-order valence-electron chi connectivity index (χ0n) is 22.9. The third kappa shape index (κ3) is 7.31. The van der Waals surface area contributed by atoms with E-state index in [0.717, 1.165) is 28.7 Å². The first-order valence-electron chi connectivity index (χ1n) is 12.8. The molecule has 3 aromatic rings. The number of anilines is 1. The number of aliphatic hydroxyl groups is 1. The molecular weight excluding hydrogens is 705 g/mol. The van der Waals surface area contributed by atoms with Gasteiger partial charge in [-0.2, -0.15) is 8.78 Å². The smallest absolute Gasteiger partial charge is 0.451 e. The lowest BCUT2D eigenvalue weighted by molar-refractivity contribution is -0.118. The van der Waals surface area contributed by atoms with E-state index in [1.165, 1.54) is 66.3 Å². The fourth-order valence-electron chi connectivity index (χ4n) is 4.93. The van der Waals surface area contributed by atoms with Crippen LogP contribution in [0.1, 0.15) is 27.9 Å². The second-order valence-electron chi connectivity index (χ2n) is 9.59. The number of aromatic nitrogens is 1. The van der Waals surface area contributed by atoms with Crippen LogP contribution in [0, 0.1) is 5.82 Å². The maximum atomic E-state index is 15.5. The minimum absolute atomic E-state index is 0.0297. The van der Waals surface area contributed by atoms with Crippen molar-refractivity contribution in [3.63, 3.8) is 0 Å². The number of methoxy groups -OCH3 is 2. The Morgan fingerprint density at radius 3 is 2.47 bits per heavy atom. The number of pyridine rings is 1. The summed E-state index contributed by atoms with van der Waals surface area (Å²) in [5.41, 5.74) is -0.488. The fourth-order valence-corrected chi connectivity index (χ4v) is 5.70. The lowest BCUT2D eigenvalue weighted by atomic mass is 9.93. The van der Waals surface area contributed by atoms with Crippen LogP contribution in [0.2, 0.25) is 0 Å². The summed E-state index contributed by atoms with van der Waals surface area (Å²) < 4.78 is 54.4. The molecule has 2 heterocycles. The number of carbonyl (C=O) groups is 2. The van der Waals surface area contributed by atoms with Gasteiger partial charge in [0, 0.05) is 43.0 Å². The van der Waals surface area contributed by atoms with Gasteiger partial charge in [-0.25, -0.2) is 4.39 Å². The van der Waals surface area contributed by atoms with Gasteiger partial charge in [0.25, 0.3) is 11.5 Å². The van der Waals surface area contributed by atoms with Crippen LogP contribution in [0.4, 0.5) is 18.9 Å². The quantitative estimate of drug-likeness (QED) is 0.177. The Bertz CT molecular complexity index is 1530. The molecular formula is C28H28F3IN3O7P. The number of nitrogens with zero attached hydrogens (tertiary/aromatic N) is 2. The zero-order valence-corrected chi connectivity index (χ0v) is 26.2. The summed E-state index contributed by atoms with van der Waals surface area (Å²) in [6.07, 6.45) is 1.45. The topological polar surface area (TPSA) is 119 Å². The second kappa shape index (κ2) is 13.6. The molecule has 0 bridgehead atoms. The van der Waals surface area contributed by atoms with E-state index in [1.54, 1.807) is 6.07 Å². The first-order valence-corrected chi connectivity index (χ1v) is 14.5.